The number of carbonyl (C=O) groups is 2. The van der Waals surface area contributed by atoms with Gasteiger partial charge in [0.1, 0.15) is 0 Å². The number of nitrogens with one attached hydrogen (secondary N) is 3. The summed E-state index contributed by atoms with van der Waals surface area (Å²) < 4.78 is 39.8. The maximum absolute atomic E-state index is 12.8. The number of pyridine rings is 1. The highest BCUT2D eigenvalue weighted by Gasteiger charge is 2.31. The number of benzene rings is 1. The largest absolute Gasteiger partial charge is 0.417 e. The normalized spacial score (nSPS) is 11.7. The smallest absolute Gasteiger partial charge is 0.360 e. The van der Waals surface area contributed by atoms with Crippen molar-refractivity contribution in [2.75, 3.05) is 0 Å². The molecule has 0 saturated carbocycles. The summed E-state index contributed by atoms with van der Waals surface area (Å²) in [5, 5.41) is 4.84. The number of carbonyl (C=O) groups excluding carboxylic acids is 2. The summed E-state index contributed by atoms with van der Waals surface area (Å²) in [5.74, 6) is -1.22. The molecule has 4 aromatic rings. The first kappa shape index (κ1) is 22.1. The van der Waals surface area contributed by atoms with Gasteiger partial charge in [-0.1, -0.05) is 32.0 Å². The lowest BCUT2D eigenvalue weighted by atomic mass is 10.1. The second-order valence-electron chi connectivity index (χ2n) is 7.57. The van der Waals surface area contributed by atoms with Crippen LogP contribution in [0, 0.1) is 0 Å². The number of H-pyrrole nitrogens is 1. The highest BCUT2D eigenvalue weighted by atomic mass is 19.4. The highest BCUT2D eigenvalue weighted by molar-refractivity contribution is 6.07. The topological polar surface area (TPSA) is 105 Å². The summed E-state index contributed by atoms with van der Waals surface area (Å²) in [5.41, 5.74) is 5.59. The lowest BCUT2D eigenvalue weighted by Gasteiger charge is -2.13. The lowest BCUT2D eigenvalue weighted by Crippen LogP contribution is -2.41. The number of hydrogen-bond donors (Lipinski definition) is 3. The van der Waals surface area contributed by atoms with Crippen LogP contribution in [0.3, 0.4) is 0 Å². The van der Waals surface area contributed by atoms with E-state index in [-0.39, 0.29) is 17.3 Å². The van der Waals surface area contributed by atoms with Gasteiger partial charge in [-0.25, -0.2) is 9.67 Å². The Morgan fingerprint density at radius 1 is 1.00 bits per heavy atom. The summed E-state index contributed by atoms with van der Waals surface area (Å²) in [7, 11) is 0. The summed E-state index contributed by atoms with van der Waals surface area (Å²) in [6.07, 6.45) is -0.977. The molecule has 3 aromatic heterocycles. The van der Waals surface area contributed by atoms with Crippen molar-refractivity contribution in [3.63, 3.8) is 0 Å². The molecule has 2 amide bonds. The molecule has 11 heteroatoms. The molecule has 0 aliphatic heterocycles. The third-order valence-corrected chi connectivity index (χ3v) is 5.01. The van der Waals surface area contributed by atoms with E-state index in [0.717, 1.165) is 11.6 Å². The number of nitrogens with zero attached hydrogens (tertiary/aromatic N) is 3. The molecular weight excluding hydrogens is 437 g/mol. The molecule has 4 rings (SSSR count). The van der Waals surface area contributed by atoms with Crippen molar-refractivity contribution in [3.05, 3.63) is 77.4 Å². The maximum atomic E-state index is 12.8. The predicted molar refractivity (Wildman–Crippen MR) is 114 cm³/mol. The van der Waals surface area contributed by atoms with Crippen molar-refractivity contribution >= 4 is 22.7 Å². The average molecular weight is 456 g/mol. The summed E-state index contributed by atoms with van der Waals surface area (Å²) in [6.45, 7) is 3.61. The van der Waals surface area contributed by atoms with Crippen LogP contribution in [0.4, 0.5) is 13.2 Å². The van der Waals surface area contributed by atoms with Gasteiger partial charge in [-0.3, -0.25) is 20.4 Å². The highest BCUT2D eigenvalue weighted by Crippen LogP contribution is 2.29. The van der Waals surface area contributed by atoms with E-state index in [1.807, 2.05) is 12.1 Å². The molecule has 0 aliphatic rings. The molecule has 0 radical (unpaired) electrons. The molecule has 33 heavy (non-hydrogen) atoms. The molecule has 0 aliphatic carbocycles. The Kier molecular flexibility index (Phi) is 5.62. The lowest BCUT2D eigenvalue weighted by molar-refractivity contribution is -0.137. The fourth-order valence-electron chi connectivity index (χ4n) is 3.46. The molecule has 170 valence electrons. The third kappa shape index (κ3) is 4.29. The Balaban J connectivity index is 1.54. The number of hydrazine groups is 1. The van der Waals surface area contributed by atoms with Crippen LogP contribution in [0.25, 0.3) is 16.7 Å². The minimum Gasteiger partial charge on any atom is -0.360 e. The Bertz CT molecular complexity index is 1320. The molecule has 1 aromatic carbocycles. The molecular formula is C22H19F3N6O2. The maximum Gasteiger partial charge on any atom is 0.417 e. The van der Waals surface area contributed by atoms with Gasteiger partial charge in [0.05, 0.1) is 28.6 Å². The van der Waals surface area contributed by atoms with E-state index in [1.54, 1.807) is 32.2 Å². The average Bonchev–Trinajstić information content (AvgIpc) is 3.41. The Hall–Kier alpha value is -4.15. The number of hydrogen-bond acceptors (Lipinski definition) is 4. The Labute approximate surface area is 185 Å². The van der Waals surface area contributed by atoms with Crippen LogP contribution >= 0.6 is 0 Å². The van der Waals surface area contributed by atoms with Crippen molar-refractivity contribution in [2.24, 2.45) is 0 Å². The first-order valence-corrected chi connectivity index (χ1v) is 9.95. The quantitative estimate of drug-likeness (QED) is 0.404. The van der Waals surface area contributed by atoms with Crippen molar-refractivity contribution in [3.8, 4) is 5.82 Å². The van der Waals surface area contributed by atoms with Crippen molar-refractivity contribution in [1.82, 2.24) is 30.6 Å². The number of aromatic amines is 1. The van der Waals surface area contributed by atoms with Crippen LogP contribution < -0.4 is 10.9 Å². The van der Waals surface area contributed by atoms with Crippen LogP contribution in [0.2, 0.25) is 0 Å². The third-order valence-electron chi connectivity index (χ3n) is 5.01. The minimum atomic E-state index is -4.51. The van der Waals surface area contributed by atoms with Crippen LogP contribution in [0.15, 0.2) is 55.0 Å². The van der Waals surface area contributed by atoms with Crippen molar-refractivity contribution in [2.45, 2.75) is 25.9 Å². The van der Waals surface area contributed by atoms with E-state index in [4.69, 9.17) is 0 Å². The predicted octanol–water partition coefficient (Wildman–Crippen LogP) is 3.97. The van der Waals surface area contributed by atoms with E-state index >= 15 is 0 Å². The zero-order valence-electron chi connectivity index (χ0n) is 17.6. The SMILES string of the molecule is CC(C)c1c(C(=O)NNC(=O)c2c[nH]c3ccccc23)cnn1-c1ccc(C(F)(F)F)cn1. The van der Waals surface area contributed by atoms with Gasteiger partial charge < -0.3 is 4.98 Å². The molecule has 0 spiro atoms. The monoisotopic (exact) mass is 456 g/mol. The van der Waals surface area contributed by atoms with E-state index in [9.17, 15) is 22.8 Å². The number of amides is 2. The Morgan fingerprint density at radius 3 is 2.33 bits per heavy atom. The van der Waals surface area contributed by atoms with Gasteiger partial charge in [-0.15, -0.1) is 0 Å². The van der Waals surface area contributed by atoms with Crippen molar-refractivity contribution in [1.29, 1.82) is 0 Å². The van der Waals surface area contributed by atoms with Crippen molar-refractivity contribution < 1.29 is 22.8 Å². The van der Waals surface area contributed by atoms with Gasteiger partial charge in [-0.05, 0) is 24.1 Å². The fourth-order valence-corrected chi connectivity index (χ4v) is 3.46. The molecule has 0 fully saturated rings. The molecule has 0 atom stereocenters. The van der Waals surface area contributed by atoms with E-state index in [0.29, 0.717) is 22.8 Å². The zero-order chi connectivity index (χ0) is 23.8. The first-order chi connectivity index (χ1) is 15.7. The van der Waals surface area contributed by atoms with Crippen LogP contribution in [-0.2, 0) is 6.18 Å². The Morgan fingerprint density at radius 2 is 1.70 bits per heavy atom. The number of aromatic nitrogens is 4. The van der Waals surface area contributed by atoms with Gasteiger partial charge in [0.15, 0.2) is 5.82 Å². The number of halogens is 3. The minimum absolute atomic E-state index is 0.133. The van der Waals surface area contributed by atoms with Gasteiger partial charge >= 0.3 is 6.18 Å². The van der Waals surface area contributed by atoms with Gasteiger partial charge in [-0.2, -0.15) is 18.3 Å². The molecule has 8 nitrogen and oxygen atoms in total. The second-order valence-corrected chi connectivity index (χ2v) is 7.57. The van der Waals surface area contributed by atoms with E-state index in [2.05, 4.69) is 25.9 Å². The second kappa shape index (κ2) is 8.41. The fraction of sp³-hybridized carbons (Fsp3) is 0.182. The number of rotatable bonds is 4. The van der Waals surface area contributed by atoms with Gasteiger partial charge in [0, 0.05) is 23.3 Å². The first-order valence-electron chi connectivity index (χ1n) is 9.95. The number of alkyl halides is 3. The molecule has 3 N–H and O–H groups in total. The zero-order valence-corrected chi connectivity index (χ0v) is 17.6. The number of fused-ring (bicyclic) bond motifs is 1. The summed E-state index contributed by atoms with van der Waals surface area (Å²) in [4.78, 5) is 32.2. The summed E-state index contributed by atoms with van der Waals surface area (Å²) in [6, 6.07) is 9.31. The molecule has 0 bridgehead atoms. The number of para-hydroxylation sites is 1. The van der Waals surface area contributed by atoms with Crippen LogP contribution in [0.1, 0.15) is 51.7 Å². The molecule has 3 heterocycles. The van der Waals surface area contributed by atoms with E-state index in [1.165, 1.54) is 16.9 Å². The van der Waals surface area contributed by atoms with Crippen LogP contribution in [-0.4, -0.2) is 31.6 Å². The molecule has 0 unspecified atom stereocenters. The van der Waals surface area contributed by atoms with Gasteiger partial charge in [0.25, 0.3) is 11.8 Å². The van der Waals surface area contributed by atoms with E-state index < -0.39 is 23.6 Å². The molecule has 0 saturated heterocycles. The van der Waals surface area contributed by atoms with Gasteiger partial charge in [0.2, 0.25) is 0 Å². The van der Waals surface area contributed by atoms with Crippen LogP contribution in [0.5, 0.6) is 0 Å². The summed E-state index contributed by atoms with van der Waals surface area (Å²) >= 11 is 0. The standard InChI is InChI=1S/C22H19F3N6O2/c1-12(2)19-16(11-28-31(19)18-8-7-13(9-27-18)22(23,24)25)21(33)30-29-20(32)15-10-26-17-6-4-3-5-14(15)17/h3-12,26H,1-2H3,(H,29,32)(H,30,33).